The van der Waals surface area contributed by atoms with Crippen LogP contribution >= 0.6 is 0 Å². The van der Waals surface area contributed by atoms with Gasteiger partial charge >= 0.3 is 11.7 Å². The van der Waals surface area contributed by atoms with Crippen molar-refractivity contribution >= 4 is 5.97 Å². The number of carbonyl (C=O) groups is 1. The predicted molar refractivity (Wildman–Crippen MR) is 63.8 cm³/mol. The van der Waals surface area contributed by atoms with Crippen molar-refractivity contribution in [3.05, 3.63) is 52.1 Å². The van der Waals surface area contributed by atoms with E-state index in [0.29, 0.717) is 5.56 Å². The lowest BCUT2D eigenvalue weighted by Crippen LogP contribution is -2.22. The van der Waals surface area contributed by atoms with Crippen LogP contribution in [0.25, 0.3) is 0 Å². The third kappa shape index (κ3) is 2.13. The molecule has 2 rings (SSSR count). The first-order chi connectivity index (χ1) is 8.49. The molecule has 18 heavy (non-hydrogen) atoms. The predicted octanol–water partition coefficient (Wildman–Crippen LogP) is 0.639. The van der Waals surface area contributed by atoms with Gasteiger partial charge in [-0.3, -0.25) is 9.13 Å². The van der Waals surface area contributed by atoms with E-state index in [-0.39, 0.29) is 23.7 Å². The van der Waals surface area contributed by atoms with Crippen LogP contribution in [0.3, 0.4) is 0 Å². The number of nitrogens with zero attached hydrogens (tertiary/aromatic N) is 2. The number of imidazole rings is 1. The minimum Gasteiger partial charge on any atom is -0.493 e. The molecule has 94 valence electrons. The number of aromatic carboxylic acids is 1. The molecule has 0 aliphatic carbocycles. The van der Waals surface area contributed by atoms with E-state index in [1.54, 1.807) is 12.1 Å². The van der Waals surface area contributed by atoms with E-state index in [2.05, 4.69) is 0 Å². The summed E-state index contributed by atoms with van der Waals surface area (Å²) in [7, 11) is 1.53. The fraction of sp³-hybridized carbons (Fsp3) is 0.167. The molecule has 0 radical (unpaired) electrons. The summed E-state index contributed by atoms with van der Waals surface area (Å²) in [5.41, 5.74) is 0.433. The van der Waals surface area contributed by atoms with Crippen LogP contribution in [0.5, 0.6) is 5.88 Å². The Morgan fingerprint density at radius 3 is 2.67 bits per heavy atom. The largest absolute Gasteiger partial charge is 0.493 e. The number of aromatic hydroxyl groups is 1. The maximum Gasteiger partial charge on any atom is 0.335 e. The molecule has 0 amide bonds. The van der Waals surface area contributed by atoms with Crippen LogP contribution in [0.4, 0.5) is 0 Å². The molecule has 0 aliphatic rings. The lowest BCUT2D eigenvalue weighted by Gasteiger charge is -2.04. The zero-order chi connectivity index (χ0) is 13.3. The van der Waals surface area contributed by atoms with Gasteiger partial charge in [0.2, 0.25) is 5.88 Å². The molecule has 0 fully saturated rings. The Labute approximate surface area is 102 Å². The lowest BCUT2D eigenvalue weighted by atomic mass is 10.1. The van der Waals surface area contributed by atoms with E-state index in [4.69, 9.17) is 5.11 Å². The van der Waals surface area contributed by atoms with E-state index in [1.165, 1.54) is 34.5 Å². The van der Waals surface area contributed by atoms with Crippen molar-refractivity contribution in [1.82, 2.24) is 9.13 Å². The SMILES string of the molecule is Cn1cc(O)n(Cc2cccc(C(=O)O)c2)c1=O. The van der Waals surface area contributed by atoms with Crippen molar-refractivity contribution in [3.8, 4) is 5.88 Å². The molecule has 0 aliphatic heterocycles. The van der Waals surface area contributed by atoms with Gasteiger partial charge in [-0.25, -0.2) is 9.59 Å². The maximum absolute atomic E-state index is 11.7. The van der Waals surface area contributed by atoms with Gasteiger partial charge in [0.05, 0.1) is 18.3 Å². The third-order valence-corrected chi connectivity index (χ3v) is 2.63. The molecule has 0 saturated heterocycles. The summed E-state index contributed by atoms with van der Waals surface area (Å²) in [6, 6.07) is 6.25. The average Bonchev–Trinajstić information content (AvgIpc) is 2.56. The van der Waals surface area contributed by atoms with E-state index >= 15 is 0 Å². The van der Waals surface area contributed by atoms with Crippen LogP contribution in [0.1, 0.15) is 15.9 Å². The van der Waals surface area contributed by atoms with E-state index in [1.807, 2.05) is 0 Å². The molecule has 1 aromatic carbocycles. The summed E-state index contributed by atoms with van der Waals surface area (Å²) >= 11 is 0. The van der Waals surface area contributed by atoms with E-state index in [9.17, 15) is 14.7 Å². The van der Waals surface area contributed by atoms with E-state index in [0.717, 1.165) is 0 Å². The molecule has 6 heteroatoms. The van der Waals surface area contributed by atoms with Gasteiger partial charge in [-0.1, -0.05) is 12.1 Å². The first-order valence-electron chi connectivity index (χ1n) is 5.26. The molecule has 6 nitrogen and oxygen atoms in total. The summed E-state index contributed by atoms with van der Waals surface area (Å²) in [6.45, 7) is 0.132. The van der Waals surface area contributed by atoms with Gasteiger partial charge in [-0.15, -0.1) is 0 Å². The van der Waals surface area contributed by atoms with Crippen LogP contribution < -0.4 is 5.69 Å². The molecule has 2 aromatic rings. The van der Waals surface area contributed by atoms with Crippen LogP contribution in [-0.2, 0) is 13.6 Å². The molecule has 0 atom stereocenters. The Kier molecular flexibility index (Phi) is 2.93. The van der Waals surface area contributed by atoms with Crippen molar-refractivity contribution in [3.63, 3.8) is 0 Å². The number of aromatic nitrogens is 2. The Morgan fingerprint density at radius 1 is 1.39 bits per heavy atom. The van der Waals surface area contributed by atoms with Crippen LogP contribution in [0.15, 0.2) is 35.3 Å². The summed E-state index contributed by atoms with van der Waals surface area (Å²) < 4.78 is 2.43. The number of aryl methyl sites for hydroxylation is 1. The van der Waals surface area contributed by atoms with Crippen LogP contribution in [0.2, 0.25) is 0 Å². The highest BCUT2D eigenvalue weighted by molar-refractivity contribution is 5.87. The summed E-state index contributed by atoms with van der Waals surface area (Å²) in [4.78, 5) is 22.5. The maximum atomic E-state index is 11.7. The normalized spacial score (nSPS) is 10.5. The summed E-state index contributed by atoms with van der Waals surface area (Å²) in [6.07, 6.45) is 1.31. The number of rotatable bonds is 3. The quantitative estimate of drug-likeness (QED) is 0.834. The first-order valence-corrected chi connectivity index (χ1v) is 5.26. The Balaban J connectivity index is 2.37. The van der Waals surface area contributed by atoms with Gasteiger partial charge in [0.25, 0.3) is 0 Å². The Bertz CT molecular complexity index is 654. The van der Waals surface area contributed by atoms with Crippen molar-refractivity contribution in [2.24, 2.45) is 7.05 Å². The number of hydrogen-bond donors (Lipinski definition) is 2. The molecule has 1 heterocycles. The molecular weight excluding hydrogens is 236 g/mol. The number of carboxylic acids is 1. The van der Waals surface area contributed by atoms with E-state index < -0.39 is 5.97 Å². The van der Waals surface area contributed by atoms with Crippen molar-refractivity contribution in [2.75, 3.05) is 0 Å². The molecule has 1 aromatic heterocycles. The van der Waals surface area contributed by atoms with Gasteiger partial charge < -0.3 is 10.2 Å². The van der Waals surface area contributed by atoms with Crippen molar-refractivity contribution in [1.29, 1.82) is 0 Å². The minimum absolute atomic E-state index is 0.132. The fourth-order valence-corrected chi connectivity index (χ4v) is 1.72. The zero-order valence-electron chi connectivity index (χ0n) is 9.70. The van der Waals surface area contributed by atoms with Gasteiger partial charge in [-0.05, 0) is 17.7 Å². The summed E-state index contributed by atoms with van der Waals surface area (Å²) in [5.74, 6) is -1.18. The topological polar surface area (TPSA) is 84.5 Å². The Hall–Kier alpha value is -2.50. The number of hydrogen-bond acceptors (Lipinski definition) is 3. The second kappa shape index (κ2) is 4.40. The van der Waals surface area contributed by atoms with Gasteiger partial charge in [0.15, 0.2) is 0 Å². The zero-order valence-corrected chi connectivity index (χ0v) is 9.70. The van der Waals surface area contributed by atoms with Gasteiger partial charge in [0.1, 0.15) is 0 Å². The molecular formula is C12H12N2O4. The molecule has 0 unspecified atom stereocenters. The highest BCUT2D eigenvalue weighted by Crippen LogP contribution is 2.11. The smallest absolute Gasteiger partial charge is 0.335 e. The molecule has 0 saturated carbocycles. The van der Waals surface area contributed by atoms with Crippen molar-refractivity contribution < 1.29 is 15.0 Å². The summed E-state index contributed by atoms with van der Waals surface area (Å²) in [5, 5.41) is 18.4. The second-order valence-electron chi connectivity index (χ2n) is 3.97. The average molecular weight is 248 g/mol. The fourth-order valence-electron chi connectivity index (χ4n) is 1.72. The molecule has 2 N–H and O–H groups in total. The Morgan fingerprint density at radius 2 is 2.11 bits per heavy atom. The number of benzene rings is 1. The standard InChI is InChI=1S/C12H12N2O4/c1-13-7-10(15)14(12(13)18)6-8-3-2-4-9(5-8)11(16)17/h2-5,7,15H,6H2,1H3,(H,16,17). The first kappa shape index (κ1) is 12.0. The van der Waals surface area contributed by atoms with Crippen LogP contribution in [-0.4, -0.2) is 25.3 Å². The minimum atomic E-state index is -1.03. The monoisotopic (exact) mass is 248 g/mol. The molecule has 0 spiro atoms. The number of carboxylic acid groups (broad SMARTS) is 1. The highest BCUT2D eigenvalue weighted by atomic mass is 16.4. The highest BCUT2D eigenvalue weighted by Gasteiger charge is 2.09. The van der Waals surface area contributed by atoms with Gasteiger partial charge in [0, 0.05) is 7.05 Å². The second-order valence-corrected chi connectivity index (χ2v) is 3.97. The van der Waals surface area contributed by atoms with Crippen molar-refractivity contribution in [2.45, 2.75) is 6.54 Å². The molecule has 0 bridgehead atoms. The van der Waals surface area contributed by atoms with Gasteiger partial charge in [-0.2, -0.15) is 0 Å². The van der Waals surface area contributed by atoms with Crippen LogP contribution in [0, 0.1) is 0 Å². The third-order valence-electron chi connectivity index (χ3n) is 2.63. The lowest BCUT2D eigenvalue weighted by molar-refractivity contribution is 0.0696.